The Morgan fingerprint density at radius 3 is 1.76 bits per heavy atom. The predicted molar refractivity (Wildman–Crippen MR) is 91.6 cm³/mol. The Morgan fingerprint density at radius 1 is 1.00 bits per heavy atom. The topological polar surface area (TPSA) is 17.1 Å². The predicted octanol–water partition coefficient (Wildman–Crippen LogP) is 5.92. The van der Waals surface area contributed by atoms with Crippen molar-refractivity contribution in [1.29, 1.82) is 0 Å². The van der Waals surface area contributed by atoms with Gasteiger partial charge in [-0.1, -0.05) is 82.7 Å². The highest BCUT2D eigenvalue weighted by Gasteiger charge is 2.32. The van der Waals surface area contributed by atoms with E-state index >= 15 is 0 Å². The molecule has 1 aliphatic rings. The summed E-state index contributed by atoms with van der Waals surface area (Å²) in [6.07, 6.45) is 9.91. The molecule has 1 unspecified atom stereocenters. The zero-order valence-electron chi connectivity index (χ0n) is 14.3. The first-order chi connectivity index (χ1) is 9.97. The molecule has 1 nitrogen and oxygen atoms in total. The zero-order valence-corrected chi connectivity index (χ0v) is 14.3. The number of carbonyl (C=O) groups excluding carboxylic acids is 1. The molecular formula is C20H32O. The van der Waals surface area contributed by atoms with Crippen molar-refractivity contribution >= 4 is 5.78 Å². The van der Waals surface area contributed by atoms with Gasteiger partial charge in [0.1, 0.15) is 5.78 Å². The smallest absolute Gasteiger partial charge is 0.140 e. The molecule has 2 rings (SSSR count). The minimum absolute atomic E-state index is 0.252. The molecule has 21 heavy (non-hydrogen) atoms. The molecule has 0 N–H and O–H groups in total. The first-order valence-electron chi connectivity index (χ1n) is 8.53. The lowest BCUT2D eigenvalue weighted by atomic mass is 9.73. The van der Waals surface area contributed by atoms with E-state index in [0.29, 0.717) is 5.92 Å². The maximum atomic E-state index is 11.8. The first kappa shape index (κ1) is 17.9. The third-order valence-electron chi connectivity index (χ3n) is 4.50. The van der Waals surface area contributed by atoms with Crippen molar-refractivity contribution in [3.63, 3.8) is 0 Å². The van der Waals surface area contributed by atoms with E-state index in [0.717, 1.165) is 12.0 Å². The van der Waals surface area contributed by atoms with Gasteiger partial charge in [-0.25, -0.2) is 0 Å². The second-order valence-electron chi connectivity index (χ2n) is 6.97. The fourth-order valence-corrected chi connectivity index (χ4v) is 3.15. The summed E-state index contributed by atoms with van der Waals surface area (Å²) in [6.45, 7) is 8.05. The van der Waals surface area contributed by atoms with Gasteiger partial charge in [0.15, 0.2) is 0 Å². The number of Topliss-reactive ketones (excluding diaryl/α,β-unsaturated/α-hetero) is 1. The Bertz CT molecular complexity index is 392. The molecule has 1 heteroatoms. The van der Waals surface area contributed by atoms with Crippen LogP contribution in [0.3, 0.4) is 0 Å². The number of hydrogen-bond acceptors (Lipinski definition) is 1. The number of ketones is 1. The van der Waals surface area contributed by atoms with E-state index in [1.165, 1.54) is 38.5 Å². The molecule has 0 heterocycles. The average molecular weight is 288 g/mol. The molecule has 0 spiro atoms. The van der Waals surface area contributed by atoms with Crippen molar-refractivity contribution in [2.45, 2.75) is 78.1 Å². The van der Waals surface area contributed by atoms with Crippen LogP contribution in [-0.2, 0) is 10.2 Å². The molecular weight excluding hydrogens is 256 g/mol. The van der Waals surface area contributed by atoms with E-state index in [1.54, 1.807) is 6.92 Å². The van der Waals surface area contributed by atoms with Crippen molar-refractivity contribution in [2.75, 3.05) is 0 Å². The van der Waals surface area contributed by atoms with Gasteiger partial charge in [0.2, 0.25) is 0 Å². The second kappa shape index (κ2) is 9.02. The Labute approximate surface area is 131 Å². The quantitative estimate of drug-likeness (QED) is 0.672. The van der Waals surface area contributed by atoms with Crippen LogP contribution in [0.2, 0.25) is 0 Å². The second-order valence-corrected chi connectivity index (χ2v) is 6.97. The summed E-state index contributed by atoms with van der Waals surface area (Å²) >= 11 is 0. The summed E-state index contributed by atoms with van der Waals surface area (Å²) in [7, 11) is 0. The summed E-state index contributed by atoms with van der Waals surface area (Å²) in [5.41, 5.74) is 0.807. The van der Waals surface area contributed by atoms with Gasteiger partial charge in [-0.05, 0) is 31.7 Å². The molecule has 118 valence electrons. The maximum absolute atomic E-state index is 11.8. The molecule has 0 aliphatic heterocycles. The molecule has 0 saturated heterocycles. The van der Waals surface area contributed by atoms with Crippen molar-refractivity contribution in [2.24, 2.45) is 5.92 Å². The molecule has 0 bridgehead atoms. The van der Waals surface area contributed by atoms with Crippen LogP contribution in [0.4, 0.5) is 0 Å². The van der Waals surface area contributed by atoms with Crippen molar-refractivity contribution in [3.05, 3.63) is 35.9 Å². The molecule has 1 saturated carbocycles. The highest BCUT2D eigenvalue weighted by Crippen LogP contribution is 2.31. The number of carbonyl (C=O) groups is 1. The Balaban J connectivity index is 0.000000304. The lowest BCUT2D eigenvalue weighted by Gasteiger charge is -2.29. The normalized spacial score (nSPS) is 17.6. The third kappa shape index (κ3) is 6.03. The average Bonchev–Trinajstić information content (AvgIpc) is 2.49. The van der Waals surface area contributed by atoms with Crippen molar-refractivity contribution in [3.8, 4) is 0 Å². The largest absolute Gasteiger partial charge is 0.299 e. The number of benzene rings is 1. The molecule has 1 atom stereocenters. The Hall–Kier alpha value is -1.11. The summed E-state index contributed by atoms with van der Waals surface area (Å²) in [5.74, 6) is 0.779. The van der Waals surface area contributed by atoms with Gasteiger partial charge in [0.25, 0.3) is 0 Å². The maximum Gasteiger partial charge on any atom is 0.140 e. The van der Waals surface area contributed by atoms with Crippen LogP contribution in [0.1, 0.15) is 78.2 Å². The van der Waals surface area contributed by atoms with Crippen molar-refractivity contribution in [1.82, 2.24) is 0 Å². The van der Waals surface area contributed by atoms with Gasteiger partial charge in [0.05, 0.1) is 5.41 Å². The molecule has 0 radical (unpaired) electrons. The monoisotopic (exact) mass is 288 g/mol. The summed E-state index contributed by atoms with van der Waals surface area (Å²) in [5, 5.41) is 0. The van der Waals surface area contributed by atoms with Crippen LogP contribution in [0.15, 0.2) is 30.3 Å². The van der Waals surface area contributed by atoms with Crippen LogP contribution in [0.5, 0.6) is 0 Å². The number of rotatable bonds is 4. The van der Waals surface area contributed by atoms with Crippen LogP contribution in [0.25, 0.3) is 0 Å². The summed E-state index contributed by atoms with van der Waals surface area (Å²) in [4.78, 5) is 11.8. The molecule has 0 aromatic heterocycles. The van der Waals surface area contributed by atoms with E-state index in [-0.39, 0.29) is 11.2 Å². The van der Waals surface area contributed by atoms with E-state index < -0.39 is 0 Å². The standard InChI is InChI=1S/C14H20O.C6H12/c1-11(2)10-14(4,12(3)15)13-8-6-5-7-9-13;1-2-4-6-5-3-1/h5-9,11H,10H2,1-4H3;1-6H2. The van der Waals surface area contributed by atoms with Crippen LogP contribution < -0.4 is 0 Å². The molecule has 1 aromatic carbocycles. The van der Waals surface area contributed by atoms with Crippen LogP contribution in [0, 0.1) is 5.92 Å². The van der Waals surface area contributed by atoms with E-state index in [9.17, 15) is 4.79 Å². The Kier molecular flexibility index (Phi) is 7.71. The minimum Gasteiger partial charge on any atom is -0.299 e. The molecule has 1 fully saturated rings. The summed E-state index contributed by atoms with van der Waals surface area (Å²) < 4.78 is 0. The van der Waals surface area contributed by atoms with E-state index in [4.69, 9.17) is 0 Å². The highest BCUT2D eigenvalue weighted by atomic mass is 16.1. The number of hydrogen-bond donors (Lipinski definition) is 0. The van der Waals surface area contributed by atoms with Gasteiger partial charge in [0, 0.05) is 0 Å². The fourth-order valence-electron chi connectivity index (χ4n) is 3.15. The summed E-state index contributed by atoms with van der Waals surface area (Å²) in [6, 6.07) is 10.1. The van der Waals surface area contributed by atoms with Gasteiger partial charge in [-0.2, -0.15) is 0 Å². The van der Waals surface area contributed by atoms with E-state index in [1.807, 2.05) is 37.3 Å². The van der Waals surface area contributed by atoms with Crippen LogP contribution in [-0.4, -0.2) is 5.78 Å². The first-order valence-corrected chi connectivity index (χ1v) is 8.53. The lowest BCUT2D eigenvalue weighted by Crippen LogP contribution is -2.32. The van der Waals surface area contributed by atoms with E-state index in [2.05, 4.69) is 13.8 Å². The van der Waals surface area contributed by atoms with Gasteiger partial charge >= 0.3 is 0 Å². The fraction of sp³-hybridized carbons (Fsp3) is 0.650. The molecule has 1 aromatic rings. The van der Waals surface area contributed by atoms with Crippen molar-refractivity contribution < 1.29 is 4.79 Å². The molecule has 0 amide bonds. The third-order valence-corrected chi connectivity index (χ3v) is 4.50. The van der Waals surface area contributed by atoms with Crippen LogP contribution >= 0.6 is 0 Å². The molecule has 1 aliphatic carbocycles. The zero-order chi connectivity index (χ0) is 15.7. The van der Waals surface area contributed by atoms with Gasteiger partial charge < -0.3 is 0 Å². The van der Waals surface area contributed by atoms with Gasteiger partial charge in [-0.15, -0.1) is 0 Å². The Morgan fingerprint density at radius 2 is 1.43 bits per heavy atom. The lowest BCUT2D eigenvalue weighted by molar-refractivity contribution is -0.122. The SMILES string of the molecule is C1CCCCC1.CC(=O)C(C)(CC(C)C)c1ccccc1. The van der Waals surface area contributed by atoms with Gasteiger partial charge in [-0.3, -0.25) is 4.79 Å². The highest BCUT2D eigenvalue weighted by molar-refractivity contribution is 5.87. The minimum atomic E-state index is -0.324.